The van der Waals surface area contributed by atoms with Crippen LogP contribution >= 0.6 is 23.1 Å². The number of carbonyl (C=O) groups is 1. The largest absolute Gasteiger partial charge is 0.390 e. The molecule has 1 aromatic heterocycles. The number of thiophene rings is 1. The second kappa shape index (κ2) is 8.78. The Balaban J connectivity index is 1.69. The summed E-state index contributed by atoms with van der Waals surface area (Å²) in [6, 6.07) is 10.6. The standard InChI is InChI=1S/C21H26N2OS2/c1-3-7-17-18(21(25-2)26-19(17)22)20(24)23-12-10-16(11-13-23)14-15-8-5-4-6-9-15/h3-9,16H,10-14,22H2,1-2H3/b7-3-. The average Bonchev–Trinajstić information content (AvgIpc) is 2.99. The van der Waals surface area contributed by atoms with Crippen LogP contribution in [0.4, 0.5) is 5.00 Å². The van der Waals surface area contributed by atoms with Gasteiger partial charge in [-0.05, 0) is 43.9 Å². The highest BCUT2D eigenvalue weighted by molar-refractivity contribution is 8.00. The number of allylic oxidation sites excluding steroid dienone is 1. The Kier molecular flexibility index (Phi) is 6.43. The lowest BCUT2D eigenvalue weighted by Crippen LogP contribution is -2.39. The van der Waals surface area contributed by atoms with Crippen molar-refractivity contribution in [1.29, 1.82) is 0 Å². The molecule has 0 saturated carbocycles. The average molecular weight is 387 g/mol. The van der Waals surface area contributed by atoms with Crippen LogP contribution < -0.4 is 5.73 Å². The van der Waals surface area contributed by atoms with Gasteiger partial charge in [-0.15, -0.1) is 23.1 Å². The predicted octanol–water partition coefficient (Wildman–Crippen LogP) is 5.18. The minimum absolute atomic E-state index is 0.133. The Morgan fingerprint density at radius 2 is 2.00 bits per heavy atom. The molecule has 0 bridgehead atoms. The molecule has 2 heterocycles. The highest BCUT2D eigenvalue weighted by Gasteiger charge is 2.28. The molecule has 2 aromatic rings. The maximum atomic E-state index is 13.2. The number of thioether (sulfide) groups is 1. The molecule has 0 spiro atoms. The normalized spacial score (nSPS) is 15.7. The van der Waals surface area contributed by atoms with E-state index in [1.807, 2.05) is 30.2 Å². The Labute approximate surface area is 164 Å². The molecule has 1 saturated heterocycles. The van der Waals surface area contributed by atoms with Crippen LogP contribution in [0.3, 0.4) is 0 Å². The van der Waals surface area contributed by atoms with Gasteiger partial charge in [0.25, 0.3) is 5.91 Å². The molecule has 0 radical (unpaired) electrons. The number of nitrogens with two attached hydrogens (primary N) is 1. The Hall–Kier alpha value is -1.72. The van der Waals surface area contributed by atoms with Crippen molar-refractivity contribution in [2.75, 3.05) is 25.1 Å². The third kappa shape index (κ3) is 4.15. The van der Waals surface area contributed by atoms with Crippen molar-refractivity contribution in [2.45, 2.75) is 30.4 Å². The number of amides is 1. The topological polar surface area (TPSA) is 46.3 Å². The second-order valence-corrected chi connectivity index (χ2v) is 8.80. The second-order valence-electron chi connectivity index (χ2n) is 6.67. The number of hydrogen-bond acceptors (Lipinski definition) is 4. The SMILES string of the molecule is C/C=C\c1c(N)sc(SC)c1C(=O)N1CCC(Cc2ccccc2)CC1. The summed E-state index contributed by atoms with van der Waals surface area (Å²) in [7, 11) is 0. The van der Waals surface area contributed by atoms with Gasteiger partial charge in [0.1, 0.15) is 0 Å². The van der Waals surface area contributed by atoms with Gasteiger partial charge in [0.15, 0.2) is 0 Å². The molecule has 2 N–H and O–H groups in total. The van der Waals surface area contributed by atoms with E-state index in [9.17, 15) is 4.79 Å². The number of nitrogen functional groups attached to an aromatic ring is 1. The lowest BCUT2D eigenvalue weighted by molar-refractivity contribution is 0.0688. The fraction of sp³-hybridized carbons (Fsp3) is 0.381. The number of carbonyl (C=O) groups excluding carboxylic acids is 1. The third-order valence-electron chi connectivity index (χ3n) is 4.94. The van der Waals surface area contributed by atoms with E-state index >= 15 is 0 Å². The van der Waals surface area contributed by atoms with Gasteiger partial charge in [-0.25, -0.2) is 0 Å². The van der Waals surface area contributed by atoms with Gasteiger partial charge in [0, 0.05) is 18.7 Å². The van der Waals surface area contributed by atoms with Crippen molar-refractivity contribution < 1.29 is 4.79 Å². The Bertz CT molecular complexity index is 775. The van der Waals surface area contributed by atoms with Gasteiger partial charge in [-0.3, -0.25) is 4.79 Å². The molecule has 0 aliphatic carbocycles. The quantitative estimate of drug-likeness (QED) is 0.720. The van der Waals surface area contributed by atoms with Crippen LogP contribution in [0.5, 0.6) is 0 Å². The van der Waals surface area contributed by atoms with Crippen molar-refractivity contribution in [3.05, 3.63) is 53.1 Å². The summed E-state index contributed by atoms with van der Waals surface area (Å²) in [6.07, 6.45) is 9.15. The fourth-order valence-corrected chi connectivity index (χ4v) is 5.35. The molecule has 3 nitrogen and oxygen atoms in total. The molecule has 1 amide bonds. The molecular formula is C21H26N2OS2. The number of anilines is 1. The molecular weight excluding hydrogens is 360 g/mol. The summed E-state index contributed by atoms with van der Waals surface area (Å²) < 4.78 is 1.02. The molecule has 5 heteroatoms. The zero-order chi connectivity index (χ0) is 18.5. The van der Waals surface area contributed by atoms with E-state index in [0.29, 0.717) is 5.92 Å². The van der Waals surface area contributed by atoms with Crippen molar-refractivity contribution in [3.63, 3.8) is 0 Å². The first kappa shape index (κ1) is 19.1. The number of hydrogen-bond donors (Lipinski definition) is 1. The maximum absolute atomic E-state index is 13.2. The summed E-state index contributed by atoms with van der Waals surface area (Å²) in [6.45, 7) is 3.61. The highest BCUT2D eigenvalue weighted by Crippen LogP contribution is 2.39. The van der Waals surface area contributed by atoms with E-state index in [-0.39, 0.29) is 5.91 Å². The number of piperidine rings is 1. The van der Waals surface area contributed by atoms with Crippen LogP contribution in [-0.4, -0.2) is 30.2 Å². The predicted molar refractivity (Wildman–Crippen MR) is 114 cm³/mol. The maximum Gasteiger partial charge on any atom is 0.256 e. The van der Waals surface area contributed by atoms with Crippen molar-refractivity contribution in [2.24, 2.45) is 5.92 Å². The molecule has 0 atom stereocenters. The molecule has 1 aromatic carbocycles. The van der Waals surface area contributed by atoms with E-state index in [1.165, 1.54) is 16.9 Å². The number of likely N-dealkylation sites (tertiary alicyclic amines) is 1. The molecule has 3 rings (SSSR count). The summed E-state index contributed by atoms with van der Waals surface area (Å²) in [4.78, 5) is 15.2. The molecule has 138 valence electrons. The van der Waals surface area contributed by atoms with Crippen molar-refractivity contribution in [3.8, 4) is 0 Å². The monoisotopic (exact) mass is 386 g/mol. The zero-order valence-corrected chi connectivity index (χ0v) is 17.0. The van der Waals surface area contributed by atoms with Crippen LogP contribution in [0.25, 0.3) is 6.08 Å². The first-order valence-electron chi connectivity index (χ1n) is 9.06. The van der Waals surface area contributed by atoms with E-state index in [0.717, 1.165) is 52.7 Å². The Morgan fingerprint density at radius 1 is 1.31 bits per heavy atom. The first-order valence-corrected chi connectivity index (χ1v) is 11.1. The fourth-order valence-electron chi connectivity index (χ4n) is 3.56. The van der Waals surface area contributed by atoms with Gasteiger partial charge in [-0.2, -0.15) is 0 Å². The van der Waals surface area contributed by atoms with E-state index in [2.05, 4.69) is 30.3 Å². The minimum Gasteiger partial charge on any atom is -0.390 e. The summed E-state index contributed by atoms with van der Waals surface area (Å²) in [5.41, 5.74) is 9.23. The highest BCUT2D eigenvalue weighted by atomic mass is 32.2. The van der Waals surface area contributed by atoms with Gasteiger partial charge in [0.2, 0.25) is 0 Å². The van der Waals surface area contributed by atoms with E-state index in [1.54, 1.807) is 11.8 Å². The van der Waals surface area contributed by atoms with Crippen LogP contribution in [0.1, 0.15) is 41.3 Å². The van der Waals surface area contributed by atoms with Crippen LogP contribution in [0.15, 0.2) is 40.6 Å². The summed E-state index contributed by atoms with van der Waals surface area (Å²) >= 11 is 3.13. The van der Waals surface area contributed by atoms with Gasteiger partial charge >= 0.3 is 0 Å². The lowest BCUT2D eigenvalue weighted by atomic mass is 9.90. The van der Waals surface area contributed by atoms with Crippen LogP contribution in [-0.2, 0) is 6.42 Å². The van der Waals surface area contributed by atoms with Crippen LogP contribution in [0, 0.1) is 5.92 Å². The lowest BCUT2D eigenvalue weighted by Gasteiger charge is -2.32. The summed E-state index contributed by atoms with van der Waals surface area (Å²) in [5.74, 6) is 0.789. The summed E-state index contributed by atoms with van der Waals surface area (Å²) in [5, 5.41) is 0.731. The van der Waals surface area contributed by atoms with E-state index < -0.39 is 0 Å². The van der Waals surface area contributed by atoms with Gasteiger partial charge in [0.05, 0.1) is 14.8 Å². The number of nitrogens with zero attached hydrogens (tertiary/aromatic N) is 1. The molecule has 1 aliphatic rings. The van der Waals surface area contributed by atoms with Gasteiger partial charge in [-0.1, -0.05) is 42.5 Å². The zero-order valence-electron chi connectivity index (χ0n) is 15.4. The Morgan fingerprint density at radius 3 is 2.62 bits per heavy atom. The van der Waals surface area contributed by atoms with Gasteiger partial charge < -0.3 is 10.6 Å². The smallest absolute Gasteiger partial charge is 0.256 e. The minimum atomic E-state index is 0.133. The molecule has 26 heavy (non-hydrogen) atoms. The third-order valence-corrected chi connectivity index (χ3v) is 7.10. The van der Waals surface area contributed by atoms with Crippen LogP contribution in [0.2, 0.25) is 0 Å². The van der Waals surface area contributed by atoms with Crippen molar-refractivity contribution in [1.82, 2.24) is 4.90 Å². The first-order chi connectivity index (χ1) is 12.6. The molecule has 1 aliphatic heterocycles. The number of benzene rings is 1. The molecule has 0 unspecified atom stereocenters. The van der Waals surface area contributed by atoms with E-state index in [4.69, 9.17) is 5.73 Å². The molecule has 1 fully saturated rings. The number of rotatable bonds is 5. The van der Waals surface area contributed by atoms with Crippen molar-refractivity contribution >= 4 is 40.1 Å².